The topological polar surface area (TPSA) is 66.5 Å². The van der Waals surface area contributed by atoms with Gasteiger partial charge < -0.3 is 5.32 Å². The predicted molar refractivity (Wildman–Crippen MR) is 133 cm³/mol. The van der Waals surface area contributed by atoms with Gasteiger partial charge in [-0.3, -0.25) is 19.3 Å². The lowest BCUT2D eigenvalue weighted by Gasteiger charge is -2.27. The lowest BCUT2D eigenvalue weighted by molar-refractivity contribution is -0.125. The molecule has 5 heteroatoms. The van der Waals surface area contributed by atoms with Gasteiger partial charge in [-0.1, -0.05) is 91.0 Å². The van der Waals surface area contributed by atoms with Gasteiger partial charge in [-0.2, -0.15) is 0 Å². The first-order valence-corrected chi connectivity index (χ1v) is 11.6. The number of nitrogens with zero attached hydrogens (tertiary/aromatic N) is 1. The number of rotatable bonds is 5. The Morgan fingerprint density at radius 2 is 1.11 bits per heavy atom. The Labute approximate surface area is 203 Å². The van der Waals surface area contributed by atoms with Crippen LogP contribution < -0.4 is 5.32 Å². The van der Waals surface area contributed by atoms with Gasteiger partial charge in [0.15, 0.2) is 0 Å². The molecule has 5 nitrogen and oxygen atoms in total. The maximum Gasteiger partial charge on any atom is 0.262 e. The standard InChI is InChI=1S/C30H22N2O3/c33-28(31-27-22-14-6-4-12-20(22)21-13-5-7-15-23(21)27)26(18-19-10-2-1-3-11-19)32-29(34)24-16-8-9-17-25(24)30(32)35/h1-17,26-27H,18H2,(H,31,33). The summed E-state index contributed by atoms with van der Waals surface area (Å²) in [5, 5.41) is 3.17. The van der Waals surface area contributed by atoms with Crippen molar-refractivity contribution in [2.75, 3.05) is 0 Å². The SMILES string of the molecule is O=C(NC1c2ccccc2-c2ccccc21)C(Cc1ccccc1)N1C(=O)c2ccccc2C1=O. The number of amides is 3. The molecule has 1 heterocycles. The second-order valence-corrected chi connectivity index (χ2v) is 8.85. The van der Waals surface area contributed by atoms with E-state index in [0.717, 1.165) is 32.7 Å². The molecule has 2 aliphatic rings. The van der Waals surface area contributed by atoms with Gasteiger partial charge in [0, 0.05) is 6.42 Å². The lowest BCUT2D eigenvalue weighted by Crippen LogP contribution is -2.51. The van der Waals surface area contributed by atoms with Gasteiger partial charge in [0.25, 0.3) is 11.8 Å². The number of hydrogen-bond acceptors (Lipinski definition) is 3. The highest BCUT2D eigenvalue weighted by atomic mass is 16.2. The number of fused-ring (bicyclic) bond motifs is 4. The summed E-state index contributed by atoms with van der Waals surface area (Å²) in [6, 6.07) is 30.8. The molecule has 1 N–H and O–H groups in total. The molecule has 1 aliphatic heterocycles. The minimum absolute atomic E-state index is 0.230. The fraction of sp³-hybridized carbons (Fsp3) is 0.100. The largest absolute Gasteiger partial charge is 0.343 e. The Kier molecular flexibility index (Phi) is 5.03. The Morgan fingerprint density at radius 3 is 1.66 bits per heavy atom. The molecule has 3 amide bonds. The van der Waals surface area contributed by atoms with Crippen LogP contribution in [-0.4, -0.2) is 28.7 Å². The van der Waals surface area contributed by atoms with E-state index in [1.807, 2.05) is 78.9 Å². The summed E-state index contributed by atoms with van der Waals surface area (Å²) >= 11 is 0. The molecule has 6 rings (SSSR count). The molecule has 0 radical (unpaired) electrons. The van der Waals surface area contributed by atoms with Crippen molar-refractivity contribution in [3.05, 3.63) is 131 Å². The molecule has 0 saturated carbocycles. The smallest absolute Gasteiger partial charge is 0.262 e. The lowest BCUT2D eigenvalue weighted by atomic mass is 10.0. The summed E-state index contributed by atoms with van der Waals surface area (Å²) in [4.78, 5) is 41.6. The monoisotopic (exact) mass is 458 g/mol. The van der Waals surface area contributed by atoms with Gasteiger partial charge in [0.1, 0.15) is 6.04 Å². The van der Waals surface area contributed by atoms with E-state index in [0.29, 0.717) is 11.1 Å². The van der Waals surface area contributed by atoms with Crippen molar-refractivity contribution >= 4 is 17.7 Å². The van der Waals surface area contributed by atoms with E-state index >= 15 is 0 Å². The molecule has 170 valence electrons. The van der Waals surface area contributed by atoms with Gasteiger partial charge in [-0.05, 0) is 39.9 Å². The maximum atomic E-state index is 13.9. The van der Waals surface area contributed by atoms with Gasteiger partial charge in [0.2, 0.25) is 5.91 Å². The molecule has 1 unspecified atom stereocenters. The van der Waals surface area contributed by atoms with Crippen LogP contribution in [0.1, 0.15) is 43.4 Å². The molecule has 1 aliphatic carbocycles. The average Bonchev–Trinajstić information content (AvgIpc) is 3.35. The Hall–Kier alpha value is -4.51. The van der Waals surface area contributed by atoms with Crippen LogP contribution in [0.2, 0.25) is 0 Å². The molecule has 0 saturated heterocycles. The van der Waals surface area contributed by atoms with E-state index in [4.69, 9.17) is 0 Å². The van der Waals surface area contributed by atoms with E-state index in [2.05, 4.69) is 5.32 Å². The molecule has 35 heavy (non-hydrogen) atoms. The van der Waals surface area contributed by atoms with Crippen LogP contribution in [0.5, 0.6) is 0 Å². The van der Waals surface area contributed by atoms with Crippen LogP contribution >= 0.6 is 0 Å². The van der Waals surface area contributed by atoms with Crippen molar-refractivity contribution in [2.45, 2.75) is 18.5 Å². The first-order chi connectivity index (χ1) is 17.1. The molecular weight excluding hydrogens is 436 g/mol. The number of carbonyl (C=O) groups is 3. The van der Waals surface area contributed by atoms with Gasteiger partial charge in [-0.25, -0.2) is 0 Å². The van der Waals surface area contributed by atoms with Crippen molar-refractivity contribution in [1.82, 2.24) is 10.2 Å². The minimum Gasteiger partial charge on any atom is -0.343 e. The summed E-state index contributed by atoms with van der Waals surface area (Å²) in [7, 11) is 0. The average molecular weight is 459 g/mol. The zero-order valence-corrected chi connectivity index (χ0v) is 18.8. The summed E-state index contributed by atoms with van der Waals surface area (Å²) in [6.07, 6.45) is 0.230. The maximum absolute atomic E-state index is 13.9. The second-order valence-electron chi connectivity index (χ2n) is 8.85. The summed E-state index contributed by atoms with van der Waals surface area (Å²) in [5.41, 5.74) is 5.70. The van der Waals surface area contributed by atoms with Gasteiger partial charge in [0.05, 0.1) is 17.2 Å². The van der Waals surface area contributed by atoms with E-state index in [1.165, 1.54) is 0 Å². The first-order valence-electron chi connectivity index (χ1n) is 11.6. The van der Waals surface area contributed by atoms with Crippen molar-refractivity contribution in [2.24, 2.45) is 0 Å². The highest BCUT2D eigenvalue weighted by molar-refractivity contribution is 6.22. The number of imide groups is 1. The number of hydrogen-bond donors (Lipinski definition) is 1. The van der Waals surface area contributed by atoms with Crippen LogP contribution in [0, 0.1) is 0 Å². The predicted octanol–water partition coefficient (Wildman–Crippen LogP) is 4.78. The molecule has 4 aromatic rings. The fourth-order valence-electron chi connectivity index (χ4n) is 5.18. The zero-order valence-electron chi connectivity index (χ0n) is 18.8. The highest BCUT2D eigenvalue weighted by Gasteiger charge is 2.43. The summed E-state index contributed by atoms with van der Waals surface area (Å²) in [6.45, 7) is 0. The quantitative estimate of drug-likeness (QED) is 0.438. The van der Waals surface area contributed by atoms with Gasteiger partial charge >= 0.3 is 0 Å². The Bertz CT molecular complexity index is 1400. The van der Waals surface area contributed by atoms with Crippen LogP contribution in [0.3, 0.4) is 0 Å². The van der Waals surface area contributed by atoms with Crippen molar-refractivity contribution in [1.29, 1.82) is 0 Å². The van der Waals surface area contributed by atoms with Crippen LogP contribution in [0.25, 0.3) is 11.1 Å². The summed E-state index contributed by atoms with van der Waals surface area (Å²) in [5.74, 6) is -1.23. The Balaban J connectivity index is 1.38. The molecule has 0 fully saturated rings. The van der Waals surface area contributed by atoms with E-state index in [1.54, 1.807) is 24.3 Å². The first kappa shape index (κ1) is 21.1. The van der Waals surface area contributed by atoms with Crippen LogP contribution in [0.15, 0.2) is 103 Å². The normalized spacial score (nSPS) is 14.9. The van der Waals surface area contributed by atoms with Gasteiger partial charge in [-0.15, -0.1) is 0 Å². The minimum atomic E-state index is -0.982. The number of benzene rings is 4. The number of carbonyl (C=O) groups excluding carboxylic acids is 3. The fourth-order valence-corrected chi connectivity index (χ4v) is 5.18. The molecular formula is C30H22N2O3. The van der Waals surface area contributed by atoms with Crippen molar-refractivity contribution in [3.63, 3.8) is 0 Å². The second kappa shape index (κ2) is 8.37. The molecule has 4 aromatic carbocycles. The zero-order chi connectivity index (χ0) is 23.9. The Morgan fingerprint density at radius 1 is 0.657 bits per heavy atom. The van der Waals surface area contributed by atoms with E-state index < -0.39 is 17.9 Å². The molecule has 0 spiro atoms. The summed E-state index contributed by atoms with van der Waals surface area (Å²) < 4.78 is 0. The van der Waals surface area contributed by atoms with Crippen molar-refractivity contribution < 1.29 is 14.4 Å². The third kappa shape index (κ3) is 3.44. The van der Waals surface area contributed by atoms with Crippen LogP contribution in [-0.2, 0) is 11.2 Å². The van der Waals surface area contributed by atoms with Crippen molar-refractivity contribution in [3.8, 4) is 11.1 Å². The molecule has 0 aromatic heterocycles. The van der Waals surface area contributed by atoms with E-state index in [-0.39, 0.29) is 18.4 Å². The highest BCUT2D eigenvalue weighted by Crippen LogP contribution is 2.43. The van der Waals surface area contributed by atoms with Crippen LogP contribution in [0.4, 0.5) is 0 Å². The third-order valence-electron chi connectivity index (χ3n) is 6.83. The van der Waals surface area contributed by atoms with E-state index in [9.17, 15) is 14.4 Å². The third-order valence-corrected chi connectivity index (χ3v) is 6.83. The molecule has 1 atom stereocenters. The molecule has 0 bridgehead atoms. The number of nitrogens with one attached hydrogen (secondary N) is 1.